The van der Waals surface area contributed by atoms with Crippen LogP contribution in [0.25, 0.3) is 0 Å². The Bertz CT molecular complexity index is 352. The molecule has 0 heterocycles. The number of ether oxygens (including phenoxy) is 1. The average Bonchev–Trinajstić information content (AvgIpc) is 2.29. The van der Waals surface area contributed by atoms with Crippen LogP contribution in [0.1, 0.15) is 30.9 Å². The first kappa shape index (κ1) is 12.7. The molecule has 0 saturated carbocycles. The summed E-state index contributed by atoms with van der Waals surface area (Å²) in [5.74, 6) is 0.213. The van der Waals surface area contributed by atoms with Gasteiger partial charge in [0, 0.05) is 17.7 Å². The van der Waals surface area contributed by atoms with Crippen LogP contribution in [0.4, 0.5) is 4.39 Å². The molecule has 0 saturated heterocycles. The maximum atomic E-state index is 13.6. The van der Waals surface area contributed by atoms with Gasteiger partial charge in [0.25, 0.3) is 0 Å². The molecular weight excluding hydrogens is 205 g/mol. The number of halogens is 1. The summed E-state index contributed by atoms with van der Waals surface area (Å²) in [5.41, 5.74) is 6.46. The van der Waals surface area contributed by atoms with Crippen LogP contribution < -0.4 is 10.5 Å². The number of rotatable bonds is 6. The summed E-state index contributed by atoms with van der Waals surface area (Å²) in [6.45, 7) is 3.64. The minimum absolute atomic E-state index is 0.258. The third-order valence-corrected chi connectivity index (χ3v) is 2.53. The highest BCUT2D eigenvalue weighted by Crippen LogP contribution is 2.23. The SMILES string of the molecule is C=CCCCC(N)c1ccc(OC)cc1F. The van der Waals surface area contributed by atoms with Crippen LogP contribution in [-0.2, 0) is 0 Å². The highest BCUT2D eigenvalue weighted by molar-refractivity contribution is 5.30. The van der Waals surface area contributed by atoms with Crippen LogP contribution in [0.3, 0.4) is 0 Å². The standard InChI is InChI=1S/C13H18FNO/c1-3-4-5-6-13(15)11-8-7-10(16-2)9-12(11)14/h3,7-9,13H,1,4-6,15H2,2H3. The van der Waals surface area contributed by atoms with Gasteiger partial charge in [0.15, 0.2) is 0 Å². The molecule has 0 spiro atoms. The molecule has 0 aliphatic heterocycles. The number of benzene rings is 1. The Balaban J connectivity index is 2.67. The molecule has 0 aromatic heterocycles. The van der Waals surface area contributed by atoms with Gasteiger partial charge in [-0.15, -0.1) is 6.58 Å². The second kappa shape index (κ2) is 6.28. The van der Waals surface area contributed by atoms with Crippen LogP contribution in [-0.4, -0.2) is 7.11 Å². The van der Waals surface area contributed by atoms with Gasteiger partial charge in [-0.25, -0.2) is 4.39 Å². The van der Waals surface area contributed by atoms with E-state index in [4.69, 9.17) is 10.5 Å². The Kier molecular flexibility index (Phi) is 4.99. The highest BCUT2D eigenvalue weighted by Gasteiger charge is 2.11. The molecule has 1 rings (SSSR count). The quantitative estimate of drug-likeness (QED) is 0.593. The number of hydrogen-bond donors (Lipinski definition) is 1. The molecule has 3 heteroatoms. The molecule has 1 aromatic carbocycles. The third-order valence-electron chi connectivity index (χ3n) is 2.53. The van der Waals surface area contributed by atoms with Crippen molar-refractivity contribution in [1.82, 2.24) is 0 Å². The van der Waals surface area contributed by atoms with E-state index in [-0.39, 0.29) is 11.9 Å². The van der Waals surface area contributed by atoms with Crippen molar-refractivity contribution < 1.29 is 9.13 Å². The van der Waals surface area contributed by atoms with E-state index in [0.29, 0.717) is 11.3 Å². The van der Waals surface area contributed by atoms with Crippen molar-refractivity contribution in [3.05, 3.63) is 42.2 Å². The number of methoxy groups -OCH3 is 1. The Morgan fingerprint density at radius 1 is 1.56 bits per heavy atom. The summed E-state index contributed by atoms with van der Waals surface area (Å²) in [6.07, 6.45) is 4.44. The van der Waals surface area contributed by atoms with Gasteiger partial charge in [0.1, 0.15) is 11.6 Å². The van der Waals surface area contributed by atoms with Crippen LogP contribution in [0.5, 0.6) is 5.75 Å². The molecular formula is C13H18FNO. The Labute approximate surface area is 95.9 Å². The molecule has 16 heavy (non-hydrogen) atoms. The van der Waals surface area contributed by atoms with Gasteiger partial charge in [-0.05, 0) is 25.3 Å². The van der Waals surface area contributed by atoms with Crippen molar-refractivity contribution in [2.24, 2.45) is 5.73 Å². The lowest BCUT2D eigenvalue weighted by Gasteiger charge is -2.13. The predicted molar refractivity (Wildman–Crippen MR) is 63.9 cm³/mol. The fraction of sp³-hybridized carbons (Fsp3) is 0.385. The first-order chi connectivity index (χ1) is 7.69. The molecule has 1 atom stereocenters. The molecule has 0 fully saturated rings. The topological polar surface area (TPSA) is 35.2 Å². The lowest BCUT2D eigenvalue weighted by molar-refractivity contribution is 0.410. The molecule has 0 aliphatic carbocycles. The number of nitrogens with two attached hydrogens (primary N) is 1. The molecule has 1 aromatic rings. The first-order valence-electron chi connectivity index (χ1n) is 5.39. The van der Waals surface area contributed by atoms with E-state index in [1.54, 1.807) is 12.1 Å². The Hall–Kier alpha value is -1.35. The fourth-order valence-electron chi connectivity index (χ4n) is 1.57. The van der Waals surface area contributed by atoms with Crippen molar-refractivity contribution in [2.75, 3.05) is 7.11 Å². The number of allylic oxidation sites excluding steroid dienone is 1. The van der Waals surface area contributed by atoms with Crippen molar-refractivity contribution in [3.8, 4) is 5.75 Å². The van der Waals surface area contributed by atoms with E-state index in [1.807, 2.05) is 6.08 Å². The van der Waals surface area contributed by atoms with E-state index < -0.39 is 0 Å². The van der Waals surface area contributed by atoms with Gasteiger partial charge < -0.3 is 10.5 Å². The predicted octanol–water partition coefficient (Wildman–Crippen LogP) is 3.19. The van der Waals surface area contributed by atoms with E-state index >= 15 is 0 Å². The summed E-state index contributed by atoms with van der Waals surface area (Å²) in [6, 6.07) is 4.52. The molecule has 0 aliphatic rings. The van der Waals surface area contributed by atoms with E-state index in [2.05, 4.69) is 6.58 Å². The lowest BCUT2D eigenvalue weighted by Crippen LogP contribution is -2.12. The summed E-state index contributed by atoms with van der Waals surface area (Å²) in [7, 11) is 1.51. The molecule has 0 bridgehead atoms. The molecule has 1 unspecified atom stereocenters. The van der Waals surface area contributed by atoms with Gasteiger partial charge in [-0.3, -0.25) is 0 Å². The maximum Gasteiger partial charge on any atom is 0.131 e. The van der Waals surface area contributed by atoms with Crippen molar-refractivity contribution in [1.29, 1.82) is 0 Å². The normalized spacial score (nSPS) is 12.2. The van der Waals surface area contributed by atoms with Crippen LogP contribution in [0.15, 0.2) is 30.9 Å². The summed E-state index contributed by atoms with van der Waals surface area (Å²) in [5, 5.41) is 0. The zero-order valence-electron chi connectivity index (χ0n) is 9.58. The minimum atomic E-state index is -0.301. The highest BCUT2D eigenvalue weighted by atomic mass is 19.1. The summed E-state index contributed by atoms with van der Waals surface area (Å²) < 4.78 is 18.6. The van der Waals surface area contributed by atoms with E-state index in [9.17, 15) is 4.39 Å². The molecule has 0 amide bonds. The first-order valence-corrected chi connectivity index (χ1v) is 5.39. The minimum Gasteiger partial charge on any atom is -0.497 e. The second-order valence-corrected chi connectivity index (χ2v) is 3.71. The van der Waals surface area contributed by atoms with Gasteiger partial charge >= 0.3 is 0 Å². The summed E-state index contributed by atoms with van der Waals surface area (Å²) in [4.78, 5) is 0. The van der Waals surface area contributed by atoms with Gasteiger partial charge in [-0.1, -0.05) is 12.1 Å². The van der Waals surface area contributed by atoms with Crippen molar-refractivity contribution >= 4 is 0 Å². The monoisotopic (exact) mass is 223 g/mol. The lowest BCUT2D eigenvalue weighted by atomic mass is 10.0. The number of hydrogen-bond acceptors (Lipinski definition) is 2. The van der Waals surface area contributed by atoms with E-state index in [1.165, 1.54) is 13.2 Å². The Morgan fingerprint density at radius 3 is 2.88 bits per heavy atom. The van der Waals surface area contributed by atoms with Crippen LogP contribution in [0.2, 0.25) is 0 Å². The second-order valence-electron chi connectivity index (χ2n) is 3.71. The zero-order chi connectivity index (χ0) is 12.0. The smallest absolute Gasteiger partial charge is 0.131 e. The third kappa shape index (κ3) is 3.35. The largest absolute Gasteiger partial charge is 0.497 e. The fourth-order valence-corrected chi connectivity index (χ4v) is 1.57. The van der Waals surface area contributed by atoms with Crippen molar-refractivity contribution in [2.45, 2.75) is 25.3 Å². The van der Waals surface area contributed by atoms with Gasteiger partial charge in [-0.2, -0.15) is 0 Å². The van der Waals surface area contributed by atoms with Gasteiger partial charge in [0.05, 0.1) is 7.11 Å². The average molecular weight is 223 g/mol. The van der Waals surface area contributed by atoms with Gasteiger partial charge in [0.2, 0.25) is 0 Å². The molecule has 88 valence electrons. The molecule has 2 nitrogen and oxygen atoms in total. The van der Waals surface area contributed by atoms with Crippen molar-refractivity contribution in [3.63, 3.8) is 0 Å². The number of unbranched alkanes of at least 4 members (excludes halogenated alkanes) is 1. The molecule has 2 N–H and O–H groups in total. The maximum absolute atomic E-state index is 13.6. The molecule has 0 radical (unpaired) electrons. The summed E-state index contributed by atoms with van der Waals surface area (Å²) >= 11 is 0. The zero-order valence-corrected chi connectivity index (χ0v) is 9.58. The van der Waals surface area contributed by atoms with E-state index in [0.717, 1.165) is 19.3 Å². The Morgan fingerprint density at radius 2 is 2.31 bits per heavy atom. The van der Waals surface area contributed by atoms with Crippen LogP contribution >= 0.6 is 0 Å². The van der Waals surface area contributed by atoms with Crippen LogP contribution in [0, 0.1) is 5.82 Å².